The predicted octanol–water partition coefficient (Wildman–Crippen LogP) is 2.34. The molecule has 1 aromatic carbocycles. The molecule has 0 amide bonds. The van der Waals surface area contributed by atoms with Crippen LogP contribution < -0.4 is 5.73 Å². The highest BCUT2D eigenvalue weighted by Gasteiger charge is 2.04. The van der Waals surface area contributed by atoms with Crippen LogP contribution in [-0.2, 0) is 0 Å². The Hall–Kier alpha value is -0.440. The van der Waals surface area contributed by atoms with Crippen molar-refractivity contribution >= 4 is 29.2 Å². The zero-order valence-electron chi connectivity index (χ0n) is 5.83. The van der Waals surface area contributed by atoms with Gasteiger partial charge < -0.3 is 5.73 Å². The third-order valence-corrected chi connectivity index (χ3v) is 2.05. The first-order valence-corrected chi connectivity index (χ1v) is 4.06. The van der Waals surface area contributed by atoms with E-state index in [9.17, 15) is 0 Å². The van der Waals surface area contributed by atoms with Gasteiger partial charge in [-0.25, -0.2) is 0 Å². The maximum Gasteiger partial charge on any atom is 0.0599 e. The Labute approximate surface area is 76.2 Å². The van der Waals surface area contributed by atoms with E-state index < -0.39 is 0 Å². The standard InChI is InChI=1S/C8H8ClNS/c9-7-4-2-1-3-6(7)8(10)5-11/h1-5,8H,10H2. The normalized spacial score (nSPS) is 12.5. The number of thiocarbonyl (C=S) groups is 1. The zero-order chi connectivity index (χ0) is 8.27. The van der Waals surface area contributed by atoms with E-state index in [2.05, 4.69) is 0 Å². The summed E-state index contributed by atoms with van der Waals surface area (Å²) in [6.07, 6.45) is 0. The average molecular weight is 186 g/mol. The molecule has 1 aromatic rings. The average Bonchev–Trinajstić information content (AvgIpc) is 2.04. The van der Waals surface area contributed by atoms with Crippen molar-refractivity contribution in [3.63, 3.8) is 0 Å². The van der Waals surface area contributed by atoms with Gasteiger partial charge in [-0.3, -0.25) is 0 Å². The van der Waals surface area contributed by atoms with Crippen LogP contribution >= 0.6 is 23.8 Å². The molecule has 2 N–H and O–H groups in total. The largest absolute Gasteiger partial charge is 0.320 e. The van der Waals surface area contributed by atoms with Crippen molar-refractivity contribution in [3.05, 3.63) is 34.9 Å². The summed E-state index contributed by atoms with van der Waals surface area (Å²) >= 11 is 10.6. The summed E-state index contributed by atoms with van der Waals surface area (Å²) in [6, 6.07) is 7.19. The first kappa shape index (κ1) is 8.65. The fourth-order valence-corrected chi connectivity index (χ4v) is 1.23. The van der Waals surface area contributed by atoms with E-state index in [0.29, 0.717) is 5.02 Å². The van der Waals surface area contributed by atoms with Gasteiger partial charge in [0.2, 0.25) is 0 Å². The van der Waals surface area contributed by atoms with Crippen LogP contribution in [-0.4, -0.2) is 5.37 Å². The maximum absolute atomic E-state index is 5.85. The molecule has 1 nitrogen and oxygen atoms in total. The molecule has 58 valence electrons. The minimum atomic E-state index is -0.237. The molecule has 0 saturated carbocycles. The number of nitrogens with two attached hydrogens (primary N) is 1. The Balaban J connectivity index is 3.02. The summed E-state index contributed by atoms with van der Waals surface area (Å²) in [5.41, 5.74) is 6.53. The van der Waals surface area contributed by atoms with Crippen LogP contribution in [0.4, 0.5) is 0 Å². The highest BCUT2D eigenvalue weighted by atomic mass is 35.5. The monoisotopic (exact) mass is 185 g/mol. The molecule has 1 atom stereocenters. The summed E-state index contributed by atoms with van der Waals surface area (Å²) < 4.78 is 0. The molecule has 11 heavy (non-hydrogen) atoms. The van der Waals surface area contributed by atoms with Gasteiger partial charge in [-0.2, -0.15) is 0 Å². The maximum atomic E-state index is 5.85. The molecular formula is C8H8ClNS. The second-order valence-corrected chi connectivity index (χ2v) is 2.86. The second kappa shape index (κ2) is 3.81. The first-order valence-electron chi connectivity index (χ1n) is 3.21. The first-order chi connectivity index (χ1) is 5.25. The summed E-state index contributed by atoms with van der Waals surface area (Å²) in [6.45, 7) is 0. The van der Waals surface area contributed by atoms with E-state index in [-0.39, 0.29) is 6.04 Å². The number of benzene rings is 1. The van der Waals surface area contributed by atoms with E-state index in [1.54, 1.807) is 6.07 Å². The van der Waals surface area contributed by atoms with Gasteiger partial charge in [0.15, 0.2) is 0 Å². The van der Waals surface area contributed by atoms with Crippen LogP contribution in [0.3, 0.4) is 0 Å². The summed E-state index contributed by atoms with van der Waals surface area (Å²) in [5.74, 6) is 0. The Bertz CT molecular complexity index is 262. The molecule has 3 heteroatoms. The van der Waals surface area contributed by atoms with Crippen molar-refractivity contribution in [2.75, 3.05) is 0 Å². The number of halogens is 1. The third-order valence-electron chi connectivity index (χ3n) is 1.41. The Morgan fingerprint density at radius 1 is 1.45 bits per heavy atom. The van der Waals surface area contributed by atoms with Crippen molar-refractivity contribution in [2.24, 2.45) is 5.73 Å². The fourth-order valence-electron chi connectivity index (χ4n) is 0.819. The van der Waals surface area contributed by atoms with Gasteiger partial charge >= 0.3 is 0 Å². The highest BCUT2D eigenvalue weighted by Crippen LogP contribution is 2.19. The van der Waals surface area contributed by atoms with Crippen LogP contribution in [0, 0.1) is 0 Å². The lowest BCUT2D eigenvalue weighted by Gasteiger charge is -2.06. The summed E-state index contributed by atoms with van der Waals surface area (Å²) in [4.78, 5) is 0. The SMILES string of the molecule is NC(C=S)c1ccccc1Cl. The molecular weight excluding hydrogens is 178 g/mol. The minimum absolute atomic E-state index is 0.237. The quantitative estimate of drug-likeness (QED) is 0.716. The topological polar surface area (TPSA) is 26.0 Å². The van der Waals surface area contributed by atoms with Gasteiger partial charge in [-0.15, -0.1) is 0 Å². The molecule has 0 fully saturated rings. The van der Waals surface area contributed by atoms with Crippen molar-refractivity contribution in [2.45, 2.75) is 6.04 Å². The van der Waals surface area contributed by atoms with Crippen LogP contribution in [0.15, 0.2) is 24.3 Å². The van der Waals surface area contributed by atoms with Crippen LogP contribution in [0.25, 0.3) is 0 Å². The van der Waals surface area contributed by atoms with Gasteiger partial charge in [0, 0.05) is 10.4 Å². The molecule has 0 bridgehead atoms. The molecule has 1 unspecified atom stereocenters. The minimum Gasteiger partial charge on any atom is -0.320 e. The molecule has 0 aliphatic carbocycles. The zero-order valence-corrected chi connectivity index (χ0v) is 7.40. The van der Waals surface area contributed by atoms with Gasteiger partial charge in [0.1, 0.15) is 0 Å². The van der Waals surface area contributed by atoms with Crippen LogP contribution in [0.5, 0.6) is 0 Å². The summed E-state index contributed by atoms with van der Waals surface area (Å²) in [5, 5.41) is 2.17. The lowest BCUT2D eigenvalue weighted by Crippen LogP contribution is -2.10. The van der Waals surface area contributed by atoms with Crippen molar-refractivity contribution < 1.29 is 0 Å². The highest BCUT2D eigenvalue weighted by molar-refractivity contribution is 7.79. The van der Waals surface area contributed by atoms with Crippen molar-refractivity contribution in [1.82, 2.24) is 0 Å². The fraction of sp³-hybridized carbons (Fsp3) is 0.125. The Kier molecular flexibility index (Phi) is 3.00. The molecule has 0 aromatic heterocycles. The smallest absolute Gasteiger partial charge is 0.0599 e. The molecule has 0 aliphatic heterocycles. The number of hydrogen-bond acceptors (Lipinski definition) is 2. The van der Waals surface area contributed by atoms with Gasteiger partial charge in [-0.05, 0) is 11.6 Å². The van der Waals surface area contributed by atoms with E-state index in [1.807, 2.05) is 18.2 Å². The Morgan fingerprint density at radius 3 is 2.64 bits per heavy atom. The molecule has 0 aliphatic rings. The lowest BCUT2D eigenvalue weighted by molar-refractivity contribution is 0.996. The van der Waals surface area contributed by atoms with Crippen LogP contribution in [0.2, 0.25) is 5.02 Å². The van der Waals surface area contributed by atoms with Crippen molar-refractivity contribution in [3.8, 4) is 0 Å². The van der Waals surface area contributed by atoms with E-state index in [1.165, 1.54) is 5.37 Å². The molecule has 0 heterocycles. The Morgan fingerprint density at radius 2 is 2.09 bits per heavy atom. The van der Waals surface area contributed by atoms with E-state index >= 15 is 0 Å². The summed E-state index contributed by atoms with van der Waals surface area (Å²) in [7, 11) is 0. The van der Waals surface area contributed by atoms with Crippen LogP contribution in [0.1, 0.15) is 11.6 Å². The molecule has 1 rings (SSSR count). The predicted molar refractivity (Wildman–Crippen MR) is 52.0 cm³/mol. The lowest BCUT2D eigenvalue weighted by atomic mass is 10.1. The van der Waals surface area contributed by atoms with Gasteiger partial charge in [0.25, 0.3) is 0 Å². The van der Waals surface area contributed by atoms with Gasteiger partial charge in [-0.1, -0.05) is 42.0 Å². The van der Waals surface area contributed by atoms with Crippen molar-refractivity contribution in [1.29, 1.82) is 0 Å². The number of hydrogen-bond donors (Lipinski definition) is 1. The number of rotatable bonds is 2. The van der Waals surface area contributed by atoms with E-state index in [4.69, 9.17) is 29.6 Å². The van der Waals surface area contributed by atoms with E-state index in [0.717, 1.165) is 5.56 Å². The third kappa shape index (κ3) is 1.99. The van der Waals surface area contributed by atoms with Gasteiger partial charge in [0.05, 0.1) is 6.04 Å². The molecule has 0 saturated heterocycles. The molecule has 0 spiro atoms. The molecule has 0 radical (unpaired) electrons. The second-order valence-electron chi connectivity index (χ2n) is 2.18.